The minimum Gasteiger partial charge on any atom is -0.303 e. The number of H-pyrrole nitrogens is 1. The van der Waals surface area contributed by atoms with Gasteiger partial charge in [-0.1, -0.05) is 34.6 Å². The molecule has 1 rings (SSSR count). The molecule has 0 radical (unpaired) electrons. The highest BCUT2D eigenvalue weighted by Crippen LogP contribution is 2.20. The summed E-state index contributed by atoms with van der Waals surface area (Å²) in [6, 6.07) is 0. The van der Waals surface area contributed by atoms with Crippen LogP contribution in [-0.2, 0) is 12.0 Å². The molecule has 0 aromatic carbocycles. The zero-order valence-electron chi connectivity index (χ0n) is 9.59. The first kappa shape index (κ1) is 11.4. The third-order valence-corrected chi connectivity index (χ3v) is 2.29. The molecule has 1 heterocycles. The third kappa shape index (κ3) is 2.44. The second-order valence-corrected chi connectivity index (χ2v) is 5.49. The minimum absolute atomic E-state index is 0.0441. The monoisotopic (exact) mass is 213 g/mol. The summed E-state index contributed by atoms with van der Waals surface area (Å²) in [5.74, 6) is 1.62. The van der Waals surface area contributed by atoms with Crippen molar-refractivity contribution in [3.8, 4) is 0 Å². The van der Waals surface area contributed by atoms with E-state index in [1.807, 2.05) is 0 Å². The maximum Gasteiger partial charge on any atom is 0.195 e. The molecule has 0 fully saturated rings. The fourth-order valence-electron chi connectivity index (χ4n) is 1.42. The van der Waals surface area contributed by atoms with Gasteiger partial charge in [-0.25, -0.2) is 0 Å². The minimum atomic E-state index is 0.0441. The van der Waals surface area contributed by atoms with E-state index < -0.39 is 0 Å². The largest absolute Gasteiger partial charge is 0.303 e. The van der Waals surface area contributed by atoms with Gasteiger partial charge in [0.15, 0.2) is 4.77 Å². The highest BCUT2D eigenvalue weighted by atomic mass is 32.1. The van der Waals surface area contributed by atoms with Gasteiger partial charge in [-0.3, -0.25) is 5.10 Å². The lowest BCUT2D eigenvalue weighted by Crippen LogP contribution is -2.20. The zero-order valence-corrected chi connectivity index (χ0v) is 10.4. The van der Waals surface area contributed by atoms with Gasteiger partial charge in [0.2, 0.25) is 0 Å². The Morgan fingerprint density at radius 3 is 2.43 bits per heavy atom. The summed E-state index contributed by atoms with van der Waals surface area (Å²) < 4.78 is 2.82. The molecule has 14 heavy (non-hydrogen) atoms. The van der Waals surface area contributed by atoms with Crippen LogP contribution in [0.15, 0.2) is 0 Å². The summed E-state index contributed by atoms with van der Waals surface area (Å²) in [6.45, 7) is 11.7. The molecule has 0 saturated heterocycles. The SMILES string of the molecule is CC(C)Cn1c(C(C)(C)C)n[nH]c1=S. The first-order valence-electron chi connectivity index (χ1n) is 4.98. The number of aromatic amines is 1. The standard InChI is InChI=1S/C10H19N3S/c1-7(2)6-13-8(10(3,4)5)11-12-9(13)14/h7H,6H2,1-5H3,(H,12,14). The van der Waals surface area contributed by atoms with Gasteiger partial charge in [0, 0.05) is 12.0 Å². The quantitative estimate of drug-likeness (QED) is 0.766. The molecule has 0 aliphatic heterocycles. The maximum atomic E-state index is 5.21. The Morgan fingerprint density at radius 1 is 1.43 bits per heavy atom. The van der Waals surface area contributed by atoms with E-state index in [4.69, 9.17) is 12.2 Å². The molecule has 0 spiro atoms. The average molecular weight is 213 g/mol. The normalized spacial score (nSPS) is 12.4. The number of hydrogen-bond acceptors (Lipinski definition) is 2. The van der Waals surface area contributed by atoms with Crippen LogP contribution in [0.3, 0.4) is 0 Å². The zero-order chi connectivity index (χ0) is 10.9. The van der Waals surface area contributed by atoms with E-state index in [-0.39, 0.29) is 5.41 Å². The van der Waals surface area contributed by atoms with Gasteiger partial charge < -0.3 is 4.57 Å². The Morgan fingerprint density at radius 2 is 2.00 bits per heavy atom. The Kier molecular flexibility index (Phi) is 3.14. The average Bonchev–Trinajstić information content (AvgIpc) is 2.30. The van der Waals surface area contributed by atoms with Crippen molar-refractivity contribution in [2.45, 2.75) is 46.6 Å². The Bertz CT molecular complexity index is 354. The van der Waals surface area contributed by atoms with Gasteiger partial charge in [0.25, 0.3) is 0 Å². The summed E-state index contributed by atoms with van der Waals surface area (Å²) in [6.07, 6.45) is 0. The lowest BCUT2D eigenvalue weighted by atomic mass is 9.95. The Hall–Kier alpha value is -0.640. The summed E-state index contributed by atoms with van der Waals surface area (Å²) in [5.41, 5.74) is 0.0441. The fourth-order valence-corrected chi connectivity index (χ4v) is 1.63. The van der Waals surface area contributed by atoms with Crippen molar-refractivity contribution in [2.75, 3.05) is 0 Å². The summed E-state index contributed by atoms with van der Waals surface area (Å²) in [5, 5.41) is 7.15. The van der Waals surface area contributed by atoms with Crippen molar-refractivity contribution < 1.29 is 0 Å². The Balaban J connectivity index is 3.13. The van der Waals surface area contributed by atoms with Crippen LogP contribution in [0.4, 0.5) is 0 Å². The van der Waals surface area contributed by atoms with Crippen LogP contribution in [0.25, 0.3) is 0 Å². The van der Waals surface area contributed by atoms with Crippen molar-refractivity contribution in [3.63, 3.8) is 0 Å². The molecule has 3 nitrogen and oxygen atoms in total. The third-order valence-electron chi connectivity index (χ3n) is 1.98. The van der Waals surface area contributed by atoms with Crippen molar-refractivity contribution >= 4 is 12.2 Å². The number of nitrogens with one attached hydrogen (secondary N) is 1. The molecule has 0 bridgehead atoms. The molecule has 4 heteroatoms. The molecular formula is C10H19N3S. The van der Waals surface area contributed by atoms with Crippen LogP contribution in [-0.4, -0.2) is 14.8 Å². The van der Waals surface area contributed by atoms with Gasteiger partial charge in [-0.05, 0) is 18.1 Å². The molecule has 0 saturated carbocycles. The van der Waals surface area contributed by atoms with Crippen LogP contribution >= 0.6 is 12.2 Å². The molecule has 1 aromatic rings. The van der Waals surface area contributed by atoms with E-state index in [0.717, 1.165) is 17.1 Å². The molecule has 0 amide bonds. The van der Waals surface area contributed by atoms with E-state index in [9.17, 15) is 0 Å². The number of nitrogens with zero attached hydrogens (tertiary/aromatic N) is 2. The van der Waals surface area contributed by atoms with E-state index in [0.29, 0.717) is 5.92 Å². The first-order chi connectivity index (χ1) is 6.32. The van der Waals surface area contributed by atoms with Crippen molar-refractivity contribution in [2.24, 2.45) is 5.92 Å². The fraction of sp³-hybridized carbons (Fsp3) is 0.800. The predicted molar refractivity (Wildman–Crippen MR) is 60.9 cm³/mol. The molecule has 0 atom stereocenters. The second-order valence-electron chi connectivity index (χ2n) is 5.11. The van der Waals surface area contributed by atoms with Crippen LogP contribution in [0.1, 0.15) is 40.4 Å². The van der Waals surface area contributed by atoms with E-state index in [1.165, 1.54) is 0 Å². The van der Waals surface area contributed by atoms with Crippen LogP contribution in [0, 0.1) is 10.7 Å². The summed E-state index contributed by atoms with van der Waals surface area (Å²) in [7, 11) is 0. The molecule has 0 aliphatic rings. The van der Waals surface area contributed by atoms with E-state index in [2.05, 4.69) is 49.4 Å². The topological polar surface area (TPSA) is 33.6 Å². The van der Waals surface area contributed by atoms with Crippen molar-refractivity contribution in [3.05, 3.63) is 10.6 Å². The number of aromatic nitrogens is 3. The first-order valence-corrected chi connectivity index (χ1v) is 5.39. The van der Waals surface area contributed by atoms with Gasteiger partial charge >= 0.3 is 0 Å². The summed E-state index contributed by atoms with van der Waals surface area (Å²) >= 11 is 5.21. The lowest BCUT2D eigenvalue weighted by Gasteiger charge is -2.19. The van der Waals surface area contributed by atoms with Gasteiger partial charge in [-0.15, -0.1) is 0 Å². The summed E-state index contributed by atoms with van der Waals surface area (Å²) in [4.78, 5) is 0. The highest BCUT2D eigenvalue weighted by molar-refractivity contribution is 7.71. The van der Waals surface area contributed by atoms with Crippen LogP contribution in [0.2, 0.25) is 0 Å². The van der Waals surface area contributed by atoms with Crippen LogP contribution < -0.4 is 0 Å². The van der Waals surface area contributed by atoms with Gasteiger partial charge in [0.1, 0.15) is 5.82 Å². The Labute approximate surface area is 90.5 Å². The van der Waals surface area contributed by atoms with E-state index in [1.54, 1.807) is 0 Å². The lowest BCUT2D eigenvalue weighted by molar-refractivity contribution is 0.449. The van der Waals surface area contributed by atoms with Crippen molar-refractivity contribution in [1.82, 2.24) is 14.8 Å². The molecule has 0 aliphatic carbocycles. The molecule has 1 aromatic heterocycles. The van der Waals surface area contributed by atoms with E-state index >= 15 is 0 Å². The maximum absolute atomic E-state index is 5.21. The van der Waals surface area contributed by atoms with Crippen molar-refractivity contribution in [1.29, 1.82) is 0 Å². The molecule has 1 N–H and O–H groups in total. The second kappa shape index (κ2) is 3.85. The number of hydrogen-bond donors (Lipinski definition) is 1. The highest BCUT2D eigenvalue weighted by Gasteiger charge is 2.21. The molecule has 80 valence electrons. The smallest absolute Gasteiger partial charge is 0.195 e. The molecular weight excluding hydrogens is 194 g/mol. The number of rotatable bonds is 2. The van der Waals surface area contributed by atoms with Gasteiger partial charge in [-0.2, -0.15) is 5.10 Å². The predicted octanol–water partition coefficient (Wildman–Crippen LogP) is 2.89. The van der Waals surface area contributed by atoms with Gasteiger partial charge in [0.05, 0.1) is 0 Å². The molecule has 0 unspecified atom stereocenters. The van der Waals surface area contributed by atoms with Crippen LogP contribution in [0.5, 0.6) is 0 Å².